The number of aryl methyl sites for hydroxylation is 1. The van der Waals surface area contributed by atoms with Crippen LogP contribution in [0.4, 0.5) is 5.88 Å². The number of rotatable bonds is 5. The van der Waals surface area contributed by atoms with Gasteiger partial charge in [-0.2, -0.15) is 5.10 Å². The Hall–Kier alpha value is -2.22. The van der Waals surface area contributed by atoms with Gasteiger partial charge in [0.2, 0.25) is 11.8 Å². The molecule has 0 aromatic carbocycles. The van der Waals surface area contributed by atoms with Crippen LogP contribution < -0.4 is 5.32 Å². The Balaban J connectivity index is 1.65. The predicted octanol–water partition coefficient (Wildman–Crippen LogP) is 1.46. The van der Waals surface area contributed by atoms with Gasteiger partial charge < -0.3 is 4.52 Å². The molecule has 0 spiro atoms. The molecule has 0 unspecified atom stereocenters. The lowest BCUT2D eigenvalue weighted by molar-refractivity contribution is -0.122. The molecule has 1 fully saturated rings. The molecule has 2 atom stereocenters. The van der Waals surface area contributed by atoms with Gasteiger partial charge in [-0.3, -0.25) is 19.7 Å². The lowest BCUT2D eigenvalue weighted by atomic mass is 9.99. The Labute approximate surface area is 134 Å². The summed E-state index contributed by atoms with van der Waals surface area (Å²) in [5, 5.41) is 10.8. The number of carbonyl (C=O) groups excluding carboxylic acids is 1. The zero-order valence-electron chi connectivity index (χ0n) is 13.5. The van der Waals surface area contributed by atoms with Gasteiger partial charge in [0.1, 0.15) is 12.7 Å². The summed E-state index contributed by atoms with van der Waals surface area (Å²) < 4.78 is 6.89. The average Bonchev–Trinajstić information content (AvgIpc) is 3.19. The zero-order valence-corrected chi connectivity index (χ0v) is 13.5. The minimum Gasteiger partial charge on any atom is -0.338 e. The smallest absolute Gasteiger partial charge is 0.243 e. The second-order valence-electron chi connectivity index (χ2n) is 6.00. The number of nitrogens with one attached hydrogen (secondary N) is 1. The molecule has 0 radical (unpaired) electrons. The van der Waals surface area contributed by atoms with E-state index in [1.807, 2.05) is 18.5 Å². The van der Waals surface area contributed by atoms with Gasteiger partial charge in [-0.15, -0.1) is 0 Å². The molecule has 1 saturated heterocycles. The maximum Gasteiger partial charge on any atom is 0.243 e. The number of nitrogens with zero attached hydrogens (tertiary/aromatic N) is 5. The highest BCUT2D eigenvalue weighted by Gasteiger charge is 2.31. The van der Waals surface area contributed by atoms with Crippen LogP contribution in [0, 0.1) is 6.92 Å². The van der Waals surface area contributed by atoms with E-state index in [-0.39, 0.29) is 18.0 Å². The maximum absolute atomic E-state index is 12.5. The fourth-order valence-electron chi connectivity index (χ4n) is 3.07. The van der Waals surface area contributed by atoms with E-state index >= 15 is 0 Å². The van der Waals surface area contributed by atoms with Gasteiger partial charge in [-0.05, 0) is 33.2 Å². The molecule has 23 heavy (non-hydrogen) atoms. The molecule has 0 aliphatic carbocycles. The van der Waals surface area contributed by atoms with Crippen molar-refractivity contribution in [3.8, 4) is 0 Å². The predicted molar refractivity (Wildman–Crippen MR) is 83.7 cm³/mol. The Morgan fingerprint density at radius 3 is 3.09 bits per heavy atom. The van der Waals surface area contributed by atoms with Crippen molar-refractivity contribution in [2.75, 3.05) is 11.9 Å². The van der Waals surface area contributed by atoms with E-state index in [1.165, 1.54) is 12.7 Å². The van der Waals surface area contributed by atoms with Crippen molar-refractivity contribution in [3.63, 3.8) is 0 Å². The fourth-order valence-corrected chi connectivity index (χ4v) is 3.07. The zero-order chi connectivity index (χ0) is 16.2. The van der Waals surface area contributed by atoms with Crippen molar-refractivity contribution in [2.24, 2.45) is 0 Å². The molecule has 3 heterocycles. The molecule has 2 aromatic heterocycles. The minimum atomic E-state index is -0.241. The van der Waals surface area contributed by atoms with Crippen LogP contribution in [0.1, 0.15) is 31.9 Å². The molecule has 2 aromatic rings. The van der Waals surface area contributed by atoms with E-state index in [4.69, 9.17) is 4.52 Å². The first kappa shape index (κ1) is 15.7. The molecule has 124 valence electrons. The molecule has 0 bridgehead atoms. The summed E-state index contributed by atoms with van der Waals surface area (Å²) in [6.07, 6.45) is 6.58. The number of carbonyl (C=O) groups is 1. The van der Waals surface area contributed by atoms with E-state index in [2.05, 4.69) is 25.5 Å². The normalized spacial score (nSPS) is 20.3. The van der Waals surface area contributed by atoms with Crippen molar-refractivity contribution >= 4 is 11.8 Å². The summed E-state index contributed by atoms with van der Waals surface area (Å²) in [6.45, 7) is 5.40. The van der Waals surface area contributed by atoms with E-state index in [1.54, 1.807) is 12.4 Å². The van der Waals surface area contributed by atoms with Gasteiger partial charge in [0.05, 0.1) is 18.3 Å². The summed E-state index contributed by atoms with van der Waals surface area (Å²) in [7, 11) is 0. The van der Waals surface area contributed by atoms with E-state index in [0.29, 0.717) is 5.88 Å². The van der Waals surface area contributed by atoms with Gasteiger partial charge in [0.15, 0.2) is 0 Å². The number of aromatic nitrogens is 4. The summed E-state index contributed by atoms with van der Waals surface area (Å²) in [4.78, 5) is 18.7. The van der Waals surface area contributed by atoms with Crippen molar-refractivity contribution in [3.05, 3.63) is 24.4 Å². The van der Waals surface area contributed by atoms with Crippen molar-refractivity contribution in [1.82, 2.24) is 24.8 Å². The first-order valence-electron chi connectivity index (χ1n) is 7.96. The SMILES string of the molecule is Cc1cc(NC(=O)[C@@H](C)N2CCCC[C@H]2Cn2cncn2)on1. The third-order valence-corrected chi connectivity index (χ3v) is 4.29. The molecular formula is C15H22N6O2. The standard InChI is InChI=1S/C15H22N6O2/c1-11-7-14(23-19-11)18-15(22)12(2)21-6-4-3-5-13(21)8-20-10-16-9-17-20/h7,9-10,12-13H,3-6,8H2,1-2H3,(H,18,22)/t12-,13+/m1/s1. The number of anilines is 1. The Morgan fingerprint density at radius 2 is 2.39 bits per heavy atom. The van der Waals surface area contributed by atoms with Crippen molar-refractivity contribution in [2.45, 2.75) is 51.7 Å². The summed E-state index contributed by atoms with van der Waals surface area (Å²) >= 11 is 0. The molecule has 3 rings (SSSR count). The van der Waals surface area contributed by atoms with Gasteiger partial charge in [-0.1, -0.05) is 11.6 Å². The van der Waals surface area contributed by atoms with Gasteiger partial charge in [0, 0.05) is 12.1 Å². The number of amides is 1. The first-order chi connectivity index (χ1) is 11.1. The second-order valence-corrected chi connectivity index (χ2v) is 6.00. The molecular weight excluding hydrogens is 296 g/mol. The second kappa shape index (κ2) is 6.91. The van der Waals surface area contributed by atoms with Crippen molar-refractivity contribution in [1.29, 1.82) is 0 Å². The molecule has 1 aliphatic heterocycles. The highest BCUT2D eigenvalue weighted by molar-refractivity contribution is 5.93. The monoisotopic (exact) mass is 318 g/mol. The lowest BCUT2D eigenvalue weighted by Gasteiger charge is -2.38. The number of likely N-dealkylation sites (tertiary alicyclic amines) is 1. The third-order valence-electron chi connectivity index (χ3n) is 4.29. The van der Waals surface area contributed by atoms with E-state index in [9.17, 15) is 4.79 Å². The van der Waals surface area contributed by atoms with Crippen LogP contribution in [0.2, 0.25) is 0 Å². The molecule has 1 amide bonds. The highest BCUT2D eigenvalue weighted by atomic mass is 16.5. The minimum absolute atomic E-state index is 0.0772. The molecule has 8 heteroatoms. The molecule has 1 aliphatic rings. The van der Waals surface area contributed by atoms with Crippen molar-refractivity contribution < 1.29 is 9.32 Å². The number of hydrogen-bond donors (Lipinski definition) is 1. The summed E-state index contributed by atoms with van der Waals surface area (Å²) in [5.74, 6) is 0.316. The summed E-state index contributed by atoms with van der Waals surface area (Å²) in [6, 6.07) is 1.75. The largest absolute Gasteiger partial charge is 0.338 e. The number of piperidine rings is 1. The Kier molecular flexibility index (Phi) is 4.71. The van der Waals surface area contributed by atoms with Crippen LogP contribution in [0.3, 0.4) is 0 Å². The maximum atomic E-state index is 12.5. The molecule has 1 N–H and O–H groups in total. The summed E-state index contributed by atoms with van der Waals surface area (Å²) in [5.41, 5.74) is 0.745. The first-order valence-corrected chi connectivity index (χ1v) is 7.96. The highest BCUT2D eigenvalue weighted by Crippen LogP contribution is 2.22. The number of hydrogen-bond acceptors (Lipinski definition) is 6. The molecule has 8 nitrogen and oxygen atoms in total. The van der Waals surface area contributed by atoms with Crippen LogP contribution >= 0.6 is 0 Å². The van der Waals surface area contributed by atoms with Gasteiger partial charge in [0.25, 0.3) is 0 Å². The van der Waals surface area contributed by atoms with Crippen LogP contribution in [-0.2, 0) is 11.3 Å². The van der Waals surface area contributed by atoms with E-state index in [0.717, 1.165) is 31.6 Å². The molecule has 0 saturated carbocycles. The average molecular weight is 318 g/mol. The van der Waals surface area contributed by atoms with Crippen LogP contribution in [0.25, 0.3) is 0 Å². The van der Waals surface area contributed by atoms with Crippen LogP contribution in [-0.4, -0.2) is 49.4 Å². The van der Waals surface area contributed by atoms with Crippen LogP contribution in [0.15, 0.2) is 23.2 Å². The van der Waals surface area contributed by atoms with E-state index < -0.39 is 0 Å². The lowest BCUT2D eigenvalue weighted by Crippen LogP contribution is -2.51. The quantitative estimate of drug-likeness (QED) is 0.897. The Morgan fingerprint density at radius 1 is 1.52 bits per heavy atom. The van der Waals surface area contributed by atoms with Gasteiger partial charge in [-0.25, -0.2) is 4.98 Å². The topological polar surface area (TPSA) is 89.1 Å². The fraction of sp³-hybridized carbons (Fsp3) is 0.600. The Bertz CT molecular complexity index is 638. The third kappa shape index (κ3) is 3.76. The van der Waals surface area contributed by atoms with Crippen LogP contribution in [0.5, 0.6) is 0 Å². The van der Waals surface area contributed by atoms with Gasteiger partial charge >= 0.3 is 0 Å².